The van der Waals surface area contributed by atoms with E-state index in [2.05, 4.69) is 5.32 Å². The van der Waals surface area contributed by atoms with Gasteiger partial charge in [-0.3, -0.25) is 0 Å². The zero-order valence-corrected chi connectivity index (χ0v) is 7.74. The van der Waals surface area contributed by atoms with Gasteiger partial charge in [-0.05, 0) is 43.7 Å². The number of halogens is 1. The van der Waals surface area contributed by atoms with Crippen LogP contribution in [0.5, 0.6) is 0 Å². The second-order valence-electron chi connectivity index (χ2n) is 3.06. The van der Waals surface area contributed by atoms with Gasteiger partial charge in [-0.1, -0.05) is 6.07 Å². The molecule has 0 heterocycles. The van der Waals surface area contributed by atoms with E-state index >= 15 is 0 Å². The summed E-state index contributed by atoms with van der Waals surface area (Å²) in [5.41, 5.74) is 2.88. The van der Waals surface area contributed by atoms with Gasteiger partial charge < -0.3 is 5.32 Å². The smallest absolute Gasteiger partial charge is 0.126 e. The molecule has 2 heteroatoms. The normalized spacial score (nSPS) is 10.3. The third-order valence-corrected chi connectivity index (χ3v) is 1.98. The molecular formula is C10H14FN. The molecular weight excluding hydrogens is 153 g/mol. The highest BCUT2D eigenvalue weighted by atomic mass is 19.1. The summed E-state index contributed by atoms with van der Waals surface area (Å²) in [5, 5.41) is 3.05. The van der Waals surface area contributed by atoms with Gasteiger partial charge >= 0.3 is 0 Å². The number of hydrogen-bond donors (Lipinski definition) is 1. The molecule has 0 spiro atoms. The highest BCUT2D eigenvalue weighted by Gasteiger charge is 2.02. The van der Waals surface area contributed by atoms with E-state index in [9.17, 15) is 4.39 Å². The van der Waals surface area contributed by atoms with Gasteiger partial charge in [0.2, 0.25) is 0 Å². The SMILES string of the molecule is CNCc1cc(C)c(F)cc1C. The summed E-state index contributed by atoms with van der Waals surface area (Å²) < 4.78 is 13.0. The van der Waals surface area contributed by atoms with Gasteiger partial charge in [-0.15, -0.1) is 0 Å². The Hall–Kier alpha value is -0.890. The van der Waals surface area contributed by atoms with Crippen molar-refractivity contribution in [1.82, 2.24) is 5.32 Å². The summed E-state index contributed by atoms with van der Waals surface area (Å²) in [7, 11) is 1.89. The molecule has 66 valence electrons. The topological polar surface area (TPSA) is 12.0 Å². The maximum Gasteiger partial charge on any atom is 0.126 e. The van der Waals surface area contributed by atoms with E-state index < -0.39 is 0 Å². The Morgan fingerprint density at radius 3 is 2.50 bits per heavy atom. The van der Waals surface area contributed by atoms with E-state index in [1.54, 1.807) is 13.0 Å². The first kappa shape index (κ1) is 9.20. The van der Waals surface area contributed by atoms with E-state index in [4.69, 9.17) is 0 Å². The van der Waals surface area contributed by atoms with Crippen LogP contribution in [-0.4, -0.2) is 7.05 Å². The van der Waals surface area contributed by atoms with E-state index in [0.717, 1.165) is 17.7 Å². The summed E-state index contributed by atoms with van der Waals surface area (Å²) in [6.45, 7) is 4.51. The van der Waals surface area contributed by atoms with Crippen molar-refractivity contribution >= 4 is 0 Å². The number of rotatable bonds is 2. The Bertz CT molecular complexity index is 281. The van der Waals surface area contributed by atoms with E-state index in [-0.39, 0.29) is 5.82 Å². The Morgan fingerprint density at radius 1 is 1.25 bits per heavy atom. The number of nitrogens with one attached hydrogen (secondary N) is 1. The molecule has 0 bridgehead atoms. The van der Waals surface area contributed by atoms with Gasteiger partial charge in [-0.25, -0.2) is 4.39 Å². The predicted molar refractivity (Wildman–Crippen MR) is 48.6 cm³/mol. The van der Waals surface area contributed by atoms with Crippen LogP contribution in [0, 0.1) is 19.7 Å². The van der Waals surface area contributed by atoms with Crippen molar-refractivity contribution in [3.63, 3.8) is 0 Å². The summed E-state index contributed by atoms with van der Waals surface area (Å²) in [6.07, 6.45) is 0. The molecule has 0 aliphatic carbocycles. The first-order chi connectivity index (χ1) is 5.65. The van der Waals surface area contributed by atoms with Crippen LogP contribution in [-0.2, 0) is 6.54 Å². The molecule has 0 aliphatic heterocycles. The second-order valence-corrected chi connectivity index (χ2v) is 3.06. The maximum atomic E-state index is 13.0. The number of hydrogen-bond acceptors (Lipinski definition) is 1. The van der Waals surface area contributed by atoms with Gasteiger partial charge in [0.15, 0.2) is 0 Å². The molecule has 0 radical (unpaired) electrons. The van der Waals surface area contributed by atoms with Gasteiger partial charge in [0.05, 0.1) is 0 Å². The van der Waals surface area contributed by atoms with Crippen molar-refractivity contribution in [2.75, 3.05) is 7.05 Å². The molecule has 1 aromatic carbocycles. The molecule has 0 aliphatic rings. The molecule has 1 nitrogen and oxygen atoms in total. The Balaban J connectivity index is 3.05. The van der Waals surface area contributed by atoms with Crippen molar-refractivity contribution in [2.24, 2.45) is 0 Å². The molecule has 1 rings (SSSR count). The summed E-state index contributed by atoms with van der Waals surface area (Å²) in [4.78, 5) is 0. The maximum absolute atomic E-state index is 13.0. The highest BCUT2D eigenvalue weighted by Crippen LogP contribution is 2.14. The summed E-state index contributed by atoms with van der Waals surface area (Å²) in [5.74, 6) is -0.118. The monoisotopic (exact) mass is 167 g/mol. The molecule has 1 N–H and O–H groups in total. The molecule has 0 saturated heterocycles. The van der Waals surface area contributed by atoms with Gasteiger partial charge in [0, 0.05) is 6.54 Å². The molecule has 0 unspecified atom stereocenters. The lowest BCUT2D eigenvalue weighted by atomic mass is 10.1. The molecule has 0 saturated carbocycles. The average molecular weight is 167 g/mol. The van der Waals surface area contributed by atoms with Gasteiger partial charge in [-0.2, -0.15) is 0 Å². The second kappa shape index (κ2) is 3.68. The summed E-state index contributed by atoms with van der Waals surface area (Å²) in [6, 6.07) is 3.48. The number of benzene rings is 1. The highest BCUT2D eigenvalue weighted by molar-refractivity contribution is 5.31. The van der Waals surface area contributed by atoms with Crippen molar-refractivity contribution in [1.29, 1.82) is 0 Å². The van der Waals surface area contributed by atoms with Crippen LogP contribution in [0.4, 0.5) is 4.39 Å². The van der Waals surface area contributed by atoms with Crippen molar-refractivity contribution in [3.8, 4) is 0 Å². The molecule has 0 aromatic heterocycles. The lowest BCUT2D eigenvalue weighted by Gasteiger charge is -2.06. The Morgan fingerprint density at radius 2 is 1.92 bits per heavy atom. The molecule has 12 heavy (non-hydrogen) atoms. The van der Waals surface area contributed by atoms with Crippen LogP contribution in [0.25, 0.3) is 0 Å². The van der Waals surface area contributed by atoms with Crippen molar-refractivity contribution in [2.45, 2.75) is 20.4 Å². The van der Waals surface area contributed by atoms with Crippen LogP contribution in [0.2, 0.25) is 0 Å². The average Bonchev–Trinajstić information content (AvgIpc) is 2.01. The van der Waals surface area contributed by atoms with E-state index in [1.165, 1.54) is 0 Å². The first-order valence-corrected chi connectivity index (χ1v) is 4.05. The van der Waals surface area contributed by atoms with Gasteiger partial charge in [0.1, 0.15) is 5.82 Å². The third-order valence-electron chi connectivity index (χ3n) is 1.98. The zero-order chi connectivity index (χ0) is 9.14. The molecule has 0 atom stereocenters. The largest absolute Gasteiger partial charge is 0.316 e. The van der Waals surface area contributed by atoms with Gasteiger partial charge in [0.25, 0.3) is 0 Å². The van der Waals surface area contributed by atoms with Crippen LogP contribution in [0.3, 0.4) is 0 Å². The van der Waals surface area contributed by atoms with Crippen molar-refractivity contribution in [3.05, 3.63) is 34.6 Å². The first-order valence-electron chi connectivity index (χ1n) is 4.05. The minimum atomic E-state index is -0.118. The minimum Gasteiger partial charge on any atom is -0.316 e. The molecule has 0 fully saturated rings. The number of aryl methyl sites for hydroxylation is 2. The van der Waals surface area contributed by atoms with Crippen molar-refractivity contribution < 1.29 is 4.39 Å². The Kier molecular flexibility index (Phi) is 2.82. The zero-order valence-electron chi connectivity index (χ0n) is 7.74. The van der Waals surface area contributed by atoms with Crippen LogP contribution >= 0.6 is 0 Å². The predicted octanol–water partition coefficient (Wildman–Crippen LogP) is 2.16. The van der Waals surface area contributed by atoms with E-state index in [0.29, 0.717) is 5.56 Å². The van der Waals surface area contributed by atoms with Crippen LogP contribution < -0.4 is 5.32 Å². The lowest BCUT2D eigenvalue weighted by Crippen LogP contribution is -2.07. The van der Waals surface area contributed by atoms with E-state index in [1.807, 2.05) is 20.0 Å². The lowest BCUT2D eigenvalue weighted by molar-refractivity contribution is 0.615. The molecule has 0 amide bonds. The standard InChI is InChI=1S/C10H14FN/c1-7-5-10(11)8(2)4-9(7)6-12-3/h4-5,12H,6H2,1-3H3. The van der Waals surface area contributed by atoms with Crippen LogP contribution in [0.1, 0.15) is 16.7 Å². The molecule has 1 aromatic rings. The van der Waals surface area contributed by atoms with Crippen LogP contribution in [0.15, 0.2) is 12.1 Å². The fraction of sp³-hybridized carbons (Fsp3) is 0.400. The minimum absolute atomic E-state index is 0.118. The fourth-order valence-electron chi connectivity index (χ4n) is 1.22. The third kappa shape index (κ3) is 1.83. The summed E-state index contributed by atoms with van der Waals surface area (Å²) >= 11 is 0. The fourth-order valence-corrected chi connectivity index (χ4v) is 1.22. The Labute approximate surface area is 72.6 Å². The quantitative estimate of drug-likeness (QED) is 0.711.